The van der Waals surface area contributed by atoms with Gasteiger partial charge >= 0.3 is 24.2 Å². The molecule has 0 radical (unpaired) electrons. The van der Waals surface area contributed by atoms with Gasteiger partial charge in [0.1, 0.15) is 76.8 Å². The minimum atomic E-state index is -1.73. The van der Waals surface area contributed by atoms with Crippen molar-refractivity contribution in [3.63, 3.8) is 0 Å². The fourth-order valence-electron chi connectivity index (χ4n) is 11.4. The fraction of sp³-hybridized carbons (Fsp3) is 0.506. The molecule has 0 spiro atoms. The Kier molecular flexibility index (Phi) is 26.5. The first-order chi connectivity index (χ1) is 48.4. The van der Waals surface area contributed by atoms with Crippen molar-refractivity contribution < 1.29 is 81.2 Å². The number of methoxy groups -OCH3 is 1. The van der Waals surface area contributed by atoms with Crippen LogP contribution in [-0.2, 0) is 87.7 Å². The number of amides is 8. The molecule has 27 nitrogen and oxygen atoms in total. The first kappa shape index (κ1) is 81.1. The number of benzene rings is 4. The fourth-order valence-corrected chi connectivity index (χ4v) is 11.4. The molecule has 7 atom stereocenters. The highest BCUT2D eigenvalue weighted by atomic mass is 16.6. The van der Waals surface area contributed by atoms with E-state index in [2.05, 4.69) is 36.9 Å². The lowest BCUT2D eigenvalue weighted by Crippen LogP contribution is -2.61. The minimum Gasteiger partial charge on any atom is -0.488 e. The molecular formula is C77H102N10O17. The molecule has 8 amide bonds. The standard InChI is InChI=1S/C77H102N10O17/c1-45(2)35-58(69(95)99-18)83-64(90)55(38-47-27-30-48-23-19-20-24-49(48)36-47)79-63(89)54(37-46-28-31-52(32-29-46)101-74(6,7)8)80-67(93)59(43-100-73(3,4)5)84-65(91)56(39-50-41-86(71(97)103-76(12,13)14)60-26-22-21-25-53(50)60)81-66(92)57(40-51-42-85(44-78-51)70(96)102-75(9,10)11)82-68(94)61-33-34-62(88)87(61)72(98)104-77(15,16)17/h19-32,36,41-42,44-45,54-59,61H,33-35,37-40,43H2,1-18H3,(H,79,89)(H,80,93)(H,81,92)(H,82,94)(H,83,90)(H,84,91)/t54-,55+,56-,57-,58-,59-,61-/m0/s1. The van der Waals surface area contributed by atoms with Crippen LogP contribution < -0.4 is 36.6 Å². The molecule has 1 saturated heterocycles. The van der Waals surface area contributed by atoms with Crippen molar-refractivity contribution in [2.45, 2.75) is 233 Å². The molecule has 0 bridgehead atoms. The number of nitrogens with one attached hydrogen (secondary N) is 6. The number of ether oxygens (including phenoxy) is 6. The molecular weight excluding hydrogens is 1340 g/mol. The van der Waals surface area contributed by atoms with Crippen molar-refractivity contribution in [2.24, 2.45) is 5.92 Å². The topological polar surface area (TPSA) is 341 Å². The van der Waals surface area contributed by atoms with Gasteiger partial charge in [0.25, 0.3) is 0 Å². The Bertz CT molecular complexity index is 4110. The van der Waals surface area contributed by atoms with Crippen LogP contribution >= 0.6 is 0 Å². The second-order valence-corrected chi connectivity index (χ2v) is 31.4. The first-order valence-corrected chi connectivity index (χ1v) is 34.8. The number of hydrogen-bond donors (Lipinski definition) is 6. The van der Waals surface area contributed by atoms with Crippen LogP contribution in [0.5, 0.6) is 5.75 Å². The zero-order valence-electron chi connectivity index (χ0n) is 62.9. The van der Waals surface area contributed by atoms with Crippen LogP contribution in [0.1, 0.15) is 159 Å². The van der Waals surface area contributed by atoms with Crippen LogP contribution in [0.15, 0.2) is 110 Å². The summed E-state index contributed by atoms with van der Waals surface area (Å²) in [5.74, 6) is -6.54. The van der Waals surface area contributed by atoms with Gasteiger partial charge in [-0.25, -0.2) is 33.6 Å². The normalized spacial score (nSPS) is 15.4. The number of rotatable bonds is 26. The van der Waals surface area contributed by atoms with Crippen LogP contribution in [0.4, 0.5) is 14.4 Å². The second-order valence-electron chi connectivity index (χ2n) is 31.4. The van der Waals surface area contributed by atoms with E-state index in [4.69, 9.17) is 28.4 Å². The minimum absolute atomic E-state index is 0.0604. The second kappa shape index (κ2) is 34.0. The predicted molar refractivity (Wildman–Crippen MR) is 388 cm³/mol. The maximum Gasteiger partial charge on any atom is 0.419 e. The molecule has 0 aliphatic carbocycles. The molecule has 1 fully saturated rings. The summed E-state index contributed by atoms with van der Waals surface area (Å²) in [5.41, 5.74) is -2.60. The summed E-state index contributed by atoms with van der Waals surface area (Å²) in [4.78, 5) is 164. The van der Waals surface area contributed by atoms with E-state index in [0.717, 1.165) is 21.7 Å². The first-order valence-electron chi connectivity index (χ1n) is 34.8. The summed E-state index contributed by atoms with van der Waals surface area (Å²) in [7, 11) is 1.21. The lowest BCUT2D eigenvalue weighted by atomic mass is 9.99. The molecule has 6 N–H and O–H groups in total. The van der Waals surface area contributed by atoms with Crippen LogP contribution in [0.25, 0.3) is 21.7 Å². The molecule has 27 heteroatoms. The van der Waals surface area contributed by atoms with Crippen molar-refractivity contribution in [3.8, 4) is 5.75 Å². The maximum absolute atomic E-state index is 15.7. The maximum atomic E-state index is 15.7. The summed E-state index contributed by atoms with van der Waals surface area (Å²) < 4.78 is 36.6. The Morgan fingerprint density at radius 3 is 1.59 bits per heavy atom. The zero-order valence-corrected chi connectivity index (χ0v) is 62.9. The number of carbonyl (C=O) groups is 11. The predicted octanol–water partition coefficient (Wildman–Crippen LogP) is 8.87. The van der Waals surface area contributed by atoms with E-state index in [-0.39, 0.29) is 43.7 Å². The average molecular weight is 1440 g/mol. The summed E-state index contributed by atoms with van der Waals surface area (Å²) in [6, 6.07) is 16.1. The van der Waals surface area contributed by atoms with Gasteiger partial charge in [0, 0.05) is 49.9 Å². The summed E-state index contributed by atoms with van der Waals surface area (Å²) in [6.45, 7) is 28.8. The Morgan fingerprint density at radius 1 is 0.519 bits per heavy atom. The Hall–Kier alpha value is -10.2. The number of nitrogens with zero attached hydrogens (tertiary/aromatic N) is 4. The molecule has 0 saturated carbocycles. The van der Waals surface area contributed by atoms with Crippen molar-refractivity contribution >= 4 is 87.3 Å². The van der Waals surface area contributed by atoms with E-state index >= 15 is 19.2 Å². The number of aromatic nitrogens is 3. The van der Waals surface area contributed by atoms with Crippen molar-refractivity contribution in [2.75, 3.05) is 13.7 Å². The van der Waals surface area contributed by atoms with Gasteiger partial charge in [-0.15, -0.1) is 0 Å². The summed E-state index contributed by atoms with van der Waals surface area (Å²) >= 11 is 0. The summed E-state index contributed by atoms with van der Waals surface area (Å²) in [6.07, 6.45) is -0.184. The third-order valence-electron chi connectivity index (χ3n) is 16.0. The molecule has 7 rings (SSSR count). The number of fused-ring (bicyclic) bond motifs is 2. The number of para-hydroxylation sites is 1. The van der Waals surface area contributed by atoms with Gasteiger partial charge in [-0.3, -0.25) is 38.1 Å². The Morgan fingerprint density at radius 2 is 1.02 bits per heavy atom. The third kappa shape index (κ3) is 24.2. The highest BCUT2D eigenvalue weighted by Crippen LogP contribution is 2.28. The Labute approximate surface area is 607 Å². The lowest BCUT2D eigenvalue weighted by Gasteiger charge is -2.30. The van der Waals surface area contributed by atoms with E-state index in [1.54, 1.807) is 132 Å². The van der Waals surface area contributed by atoms with Crippen molar-refractivity contribution in [1.29, 1.82) is 0 Å². The number of imidazole rings is 1. The van der Waals surface area contributed by atoms with Crippen LogP contribution in [0.2, 0.25) is 0 Å². The summed E-state index contributed by atoms with van der Waals surface area (Å²) in [5, 5.41) is 19.0. The lowest BCUT2D eigenvalue weighted by molar-refractivity contribution is -0.146. The van der Waals surface area contributed by atoms with E-state index in [1.807, 2.05) is 77.1 Å². The van der Waals surface area contributed by atoms with Crippen molar-refractivity contribution in [3.05, 3.63) is 132 Å². The van der Waals surface area contributed by atoms with Crippen LogP contribution in [0.3, 0.4) is 0 Å². The molecule has 4 aromatic carbocycles. The Balaban J connectivity index is 1.31. The quantitative estimate of drug-likeness (QED) is 0.0218. The third-order valence-corrected chi connectivity index (χ3v) is 16.0. The van der Waals surface area contributed by atoms with Gasteiger partial charge in [0.05, 0.1) is 30.5 Å². The van der Waals surface area contributed by atoms with Gasteiger partial charge in [0.15, 0.2) is 0 Å². The number of likely N-dealkylation sites (tertiary alicyclic amines) is 1. The molecule has 104 heavy (non-hydrogen) atoms. The van der Waals surface area contributed by atoms with Gasteiger partial charge < -0.3 is 60.3 Å². The molecule has 2 aromatic heterocycles. The van der Waals surface area contributed by atoms with E-state index in [0.29, 0.717) is 38.2 Å². The highest BCUT2D eigenvalue weighted by Gasteiger charge is 2.44. The molecule has 1 aliphatic rings. The molecule has 3 heterocycles. The van der Waals surface area contributed by atoms with Crippen LogP contribution in [-0.4, -0.2) is 169 Å². The van der Waals surface area contributed by atoms with Gasteiger partial charge in [-0.05, 0) is 168 Å². The number of carbonyl (C=O) groups excluding carboxylic acids is 11. The van der Waals surface area contributed by atoms with E-state index in [9.17, 15) is 33.6 Å². The molecule has 1 aliphatic heterocycles. The van der Waals surface area contributed by atoms with Crippen LogP contribution in [0, 0.1) is 5.92 Å². The number of hydrogen-bond acceptors (Lipinski definition) is 18. The van der Waals surface area contributed by atoms with E-state index in [1.165, 1.54) is 24.1 Å². The smallest absolute Gasteiger partial charge is 0.419 e. The zero-order chi connectivity index (χ0) is 77.0. The van der Waals surface area contributed by atoms with E-state index < -0.39 is 155 Å². The highest BCUT2D eigenvalue weighted by molar-refractivity contribution is 6.03. The number of esters is 1. The molecule has 6 aromatic rings. The SMILES string of the molecule is COC(=O)[C@H](CC(C)C)NC(=O)[C@@H](Cc1ccc2ccccc2c1)NC(=O)[C@H](Cc1ccc(OC(C)(C)C)cc1)NC(=O)[C@H](COC(C)(C)C)NC(=O)[C@H](Cc1cn(C(=O)OC(C)(C)C)c2ccccc12)NC(=O)[C@H](Cc1cn(C(=O)OC(C)(C)C)cn1)NC(=O)[C@@H]1CCC(=O)N1C(=O)OC(C)(C)C. The monoisotopic (exact) mass is 1440 g/mol. The van der Waals surface area contributed by atoms with Crippen molar-refractivity contribution in [1.82, 2.24) is 50.9 Å². The largest absolute Gasteiger partial charge is 0.488 e. The number of imide groups is 1. The van der Waals surface area contributed by atoms with Gasteiger partial charge in [0.2, 0.25) is 41.4 Å². The molecule has 562 valence electrons. The van der Waals surface area contributed by atoms with Gasteiger partial charge in [-0.1, -0.05) is 86.6 Å². The average Bonchev–Trinajstić information content (AvgIpc) is 1.63. The van der Waals surface area contributed by atoms with Gasteiger partial charge in [-0.2, -0.15) is 0 Å². The molecule has 0 unspecified atom stereocenters.